The van der Waals surface area contributed by atoms with Gasteiger partial charge in [-0.05, 0) is 88.7 Å². The molecular weight excluding hydrogens is 462 g/mol. The highest BCUT2D eigenvalue weighted by molar-refractivity contribution is 5.96. The third kappa shape index (κ3) is 5.37. The number of nitrogens with one attached hydrogen (secondary N) is 1. The molecule has 1 fully saturated rings. The van der Waals surface area contributed by atoms with Crippen LogP contribution in [0.4, 0.5) is 0 Å². The van der Waals surface area contributed by atoms with Crippen molar-refractivity contribution in [2.24, 2.45) is 0 Å². The largest absolute Gasteiger partial charge is 0.492 e. The van der Waals surface area contributed by atoms with Crippen molar-refractivity contribution in [3.8, 4) is 17.1 Å². The van der Waals surface area contributed by atoms with E-state index in [0.717, 1.165) is 58.7 Å². The number of ether oxygens (including phenoxy) is 1. The number of para-hydroxylation sites is 1. The van der Waals surface area contributed by atoms with Gasteiger partial charge < -0.3 is 15.0 Å². The number of aryl methyl sites for hydroxylation is 2. The molecule has 1 N–H and O–H groups in total. The summed E-state index contributed by atoms with van der Waals surface area (Å²) in [5.41, 5.74) is 5.05. The summed E-state index contributed by atoms with van der Waals surface area (Å²) >= 11 is 0. The number of pyridine rings is 1. The first-order chi connectivity index (χ1) is 17.9. The fourth-order valence-electron chi connectivity index (χ4n) is 5.04. The van der Waals surface area contributed by atoms with Crippen LogP contribution in [0.3, 0.4) is 0 Å². The van der Waals surface area contributed by atoms with Crippen LogP contribution in [0.1, 0.15) is 54.2 Å². The highest BCUT2D eigenvalue weighted by atomic mass is 16.5. The molecule has 0 spiro atoms. The lowest BCUT2D eigenvalue weighted by Gasteiger charge is -2.21. The minimum absolute atomic E-state index is 0.119. The van der Waals surface area contributed by atoms with Gasteiger partial charge in [0.15, 0.2) is 0 Å². The molecular formula is C30H35N5O2. The van der Waals surface area contributed by atoms with Gasteiger partial charge in [0.25, 0.3) is 5.91 Å². The Balaban J connectivity index is 1.38. The topological polar surface area (TPSA) is 72.3 Å². The minimum atomic E-state index is -0.233. The summed E-state index contributed by atoms with van der Waals surface area (Å²) in [6.07, 6.45) is 4.31. The van der Waals surface area contributed by atoms with Gasteiger partial charge in [-0.3, -0.25) is 9.48 Å². The molecule has 0 aliphatic carbocycles. The van der Waals surface area contributed by atoms with Crippen LogP contribution >= 0.6 is 0 Å². The van der Waals surface area contributed by atoms with E-state index in [0.29, 0.717) is 18.2 Å². The summed E-state index contributed by atoms with van der Waals surface area (Å²) in [4.78, 5) is 20.6. The number of hydrogen-bond donors (Lipinski definition) is 1. The van der Waals surface area contributed by atoms with Crippen LogP contribution in [-0.4, -0.2) is 51.8 Å². The van der Waals surface area contributed by atoms with Crippen LogP contribution in [0.2, 0.25) is 0 Å². The molecule has 3 heterocycles. The number of rotatable bonds is 8. The van der Waals surface area contributed by atoms with Crippen molar-refractivity contribution < 1.29 is 9.53 Å². The average molecular weight is 498 g/mol. The molecule has 1 aliphatic rings. The number of aromatic nitrogens is 3. The summed E-state index contributed by atoms with van der Waals surface area (Å²) in [6.45, 7) is 8.57. The second-order valence-corrected chi connectivity index (χ2v) is 9.93. The van der Waals surface area contributed by atoms with Gasteiger partial charge in [-0.25, -0.2) is 4.98 Å². The van der Waals surface area contributed by atoms with Gasteiger partial charge in [-0.1, -0.05) is 24.3 Å². The lowest BCUT2D eigenvalue weighted by Crippen LogP contribution is -2.30. The number of benzene rings is 2. The van der Waals surface area contributed by atoms with Crippen LogP contribution in [0.5, 0.6) is 5.75 Å². The lowest BCUT2D eigenvalue weighted by atomic mass is 10.00. The molecule has 0 unspecified atom stereocenters. The van der Waals surface area contributed by atoms with Gasteiger partial charge in [-0.15, -0.1) is 0 Å². The number of carbonyl (C=O) groups is 1. The molecule has 1 amide bonds. The standard InChI is InChI=1S/C30H35N5O2/c1-5-35-16-14-28(33-35)29-18-26(24-10-6-7-11-27(24)32-29)21(3)31-30(36)25-17-23(13-12-20(25)2)37-19-22-9-8-15-34(22)4/h6-7,10-14,16-18,21-22H,5,8-9,15,19H2,1-4H3,(H,31,36)/t21-,22-/m1/s1. The number of carbonyl (C=O) groups excluding carboxylic acids is 1. The van der Waals surface area contributed by atoms with E-state index in [2.05, 4.69) is 35.4 Å². The Labute approximate surface area is 218 Å². The van der Waals surface area contributed by atoms with Gasteiger partial charge >= 0.3 is 0 Å². The molecule has 192 valence electrons. The summed E-state index contributed by atoms with van der Waals surface area (Å²) in [7, 11) is 2.14. The van der Waals surface area contributed by atoms with Crippen LogP contribution in [0, 0.1) is 6.92 Å². The maximum Gasteiger partial charge on any atom is 0.252 e. The zero-order chi connectivity index (χ0) is 25.9. The summed E-state index contributed by atoms with van der Waals surface area (Å²) in [5.74, 6) is 0.609. The smallest absolute Gasteiger partial charge is 0.252 e. The van der Waals surface area contributed by atoms with Crippen LogP contribution in [0.25, 0.3) is 22.3 Å². The fourth-order valence-corrected chi connectivity index (χ4v) is 5.04. The van der Waals surface area contributed by atoms with E-state index >= 15 is 0 Å². The molecule has 4 aromatic rings. The molecule has 0 radical (unpaired) electrons. The Morgan fingerprint density at radius 1 is 1.16 bits per heavy atom. The van der Waals surface area contributed by atoms with Gasteiger partial charge in [0, 0.05) is 29.7 Å². The number of likely N-dealkylation sites (tertiary alicyclic amines) is 1. The lowest BCUT2D eigenvalue weighted by molar-refractivity contribution is 0.0939. The van der Waals surface area contributed by atoms with E-state index in [1.807, 2.05) is 73.3 Å². The first kappa shape index (κ1) is 25.0. The molecule has 1 aliphatic heterocycles. The van der Waals surface area contributed by atoms with Crippen molar-refractivity contribution >= 4 is 16.8 Å². The quantitative estimate of drug-likeness (QED) is 0.353. The molecule has 7 nitrogen and oxygen atoms in total. The van der Waals surface area contributed by atoms with Crippen molar-refractivity contribution in [3.05, 3.63) is 77.5 Å². The number of nitrogens with zero attached hydrogens (tertiary/aromatic N) is 4. The summed E-state index contributed by atoms with van der Waals surface area (Å²) in [5, 5.41) is 8.87. The zero-order valence-electron chi connectivity index (χ0n) is 22.1. The minimum Gasteiger partial charge on any atom is -0.492 e. The number of fused-ring (bicyclic) bond motifs is 1. The molecule has 5 rings (SSSR count). The molecule has 0 bridgehead atoms. The van der Waals surface area contributed by atoms with Gasteiger partial charge in [0.05, 0.1) is 17.3 Å². The number of likely N-dealkylation sites (N-methyl/N-ethyl adjacent to an activating group) is 1. The van der Waals surface area contributed by atoms with Crippen LogP contribution < -0.4 is 10.1 Å². The highest BCUT2D eigenvalue weighted by Crippen LogP contribution is 2.29. The first-order valence-electron chi connectivity index (χ1n) is 13.1. The molecule has 0 saturated carbocycles. The third-order valence-electron chi connectivity index (χ3n) is 7.36. The van der Waals surface area contributed by atoms with Crippen molar-refractivity contribution in [1.29, 1.82) is 0 Å². The molecule has 7 heteroatoms. The Hall–Kier alpha value is -3.71. The second-order valence-electron chi connectivity index (χ2n) is 9.93. The molecule has 1 saturated heterocycles. The summed E-state index contributed by atoms with van der Waals surface area (Å²) in [6, 6.07) is 18.0. The molecule has 37 heavy (non-hydrogen) atoms. The van der Waals surface area contributed by atoms with E-state index < -0.39 is 0 Å². The maximum absolute atomic E-state index is 13.4. The third-order valence-corrected chi connectivity index (χ3v) is 7.36. The van der Waals surface area contributed by atoms with E-state index in [9.17, 15) is 4.79 Å². The van der Waals surface area contributed by atoms with Crippen LogP contribution in [-0.2, 0) is 6.54 Å². The van der Waals surface area contributed by atoms with Gasteiger partial charge in [0.1, 0.15) is 18.1 Å². The Morgan fingerprint density at radius 3 is 2.76 bits per heavy atom. The monoisotopic (exact) mass is 497 g/mol. The predicted octanol–water partition coefficient (Wildman–Crippen LogP) is 5.39. The number of amides is 1. The van der Waals surface area contributed by atoms with E-state index in [1.54, 1.807) is 0 Å². The molecule has 2 atom stereocenters. The van der Waals surface area contributed by atoms with Gasteiger partial charge in [-0.2, -0.15) is 5.10 Å². The normalized spacial score (nSPS) is 16.7. The summed E-state index contributed by atoms with van der Waals surface area (Å²) < 4.78 is 7.98. The molecule has 2 aromatic heterocycles. The van der Waals surface area contributed by atoms with Crippen molar-refractivity contribution in [2.45, 2.75) is 52.2 Å². The van der Waals surface area contributed by atoms with Crippen LogP contribution in [0.15, 0.2) is 60.8 Å². The van der Waals surface area contributed by atoms with Crippen molar-refractivity contribution in [2.75, 3.05) is 20.2 Å². The number of hydrogen-bond acceptors (Lipinski definition) is 5. The average Bonchev–Trinajstić information content (AvgIpc) is 3.56. The highest BCUT2D eigenvalue weighted by Gasteiger charge is 2.22. The zero-order valence-corrected chi connectivity index (χ0v) is 22.1. The van der Waals surface area contributed by atoms with Gasteiger partial charge in [0.2, 0.25) is 0 Å². The molecule has 2 aromatic carbocycles. The van der Waals surface area contributed by atoms with E-state index in [1.165, 1.54) is 6.42 Å². The Kier molecular flexibility index (Phi) is 7.24. The Bertz CT molecular complexity index is 1410. The SMILES string of the molecule is CCn1ccc(-c2cc([C@@H](C)NC(=O)c3cc(OC[C@H]4CCCN4C)ccc3C)c3ccccc3n2)n1. The Morgan fingerprint density at radius 2 is 2.00 bits per heavy atom. The first-order valence-corrected chi connectivity index (χ1v) is 13.1. The fraction of sp³-hybridized carbons (Fsp3) is 0.367. The van der Waals surface area contributed by atoms with Crippen molar-refractivity contribution in [3.63, 3.8) is 0 Å². The van der Waals surface area contributed by atoms with E-state index in [4.69, 9.17) is 9.72 Å². The van der Waals surface area contributed by atoms with E-state index in [-0.39, 0.29) is 11.9 Å². The maximum atomic E-state index is 13.4. The second kappa shape index (κ2) is 10.7. The predicted molar refractivity (Wildman–Crippen MR) is 147 cm³/mol. The van der Waals surface area contributed by atoms with Crippen molar-refractivity contribution in [1.82, 2.24) is 25.0 Å².